The lowest BCUT2D eigenvalue weighted by molar-refractivity contribution is -0.174. The lowest BCUT2D eigenvalue weighted by Crippen LogP contribution is -2.64. The summed E-state index contributed by atoms with van der Waals surface area (Å²) in [5, 5.41) is 48.2. The number of ketones is 1. The molecular weight excluding hydrogens is 608 g/mol. The molecule has 0 radical (unpaired) electrons. The van der Waals surface area contributed by atoms with E-state index < -0.39 is 29.3 Å². The van der Waals surface area contributed by atoms with E-state index >= 15 is 0 Å². The second-order valence-corrected chi connectivity index (χ2v) is 19.5. The first kappa shape index (κ1) is 33.6. The van der Waals surface area contributed by atoms with Crippen LogP contribution in [0.3, 0.4) is 0 Å². The molecule has 49 heavy (non-hydrogen) atoms. The molecule has 9 aliphatic rings. The lowest BCUT2D eigenvalue weighted by atomic mass is 9.41. The van der Waals surface area contributed by atoms with Crippen LogP contribution in [0, 0.1) is 64.1 Å². The van der Waals surface area contributed by atoms with Crippen LogP contribution in [-0.4, -0.2) is 50.1 Å². The van der Waals surface area contributed by atoms with Crippen LogP contribution in [-0.2, 0) is 4.79 Å². The van der Waals surface area contributed by atoms with Crippen molar-refractivity contribution in [2.45, 2.75) is 167 Å². The van der Waals surface area contributed by atoms with E-state index in [9.17, 15) is 25.2 Å². The predicted molar refractivity (Wildman–Crippen MR) is 191 cm³/mol. The summed E-state index contributed by atoms with van der Waals surface area (Å²) in [7, 11) is 0. The average Bonchev–Trinajstić information content (AvgIpc) is 3.38. The Labute approximate surface area is 295 Å². The molecule has 9 rings (SSSR count). The minimum atomic E-state index is -1.07. The monoisotopic (exact) mass is 672 g/mol. The Morgan fingerprint density at radius 1 is 0.796 bits per heavy atom. The number of carbonyl (C=O) groups is 1. The van der Waals surface area contributed by atoms with Gasteiger partial charge in [0.2, 0.25) is 0 Å². The molecule has 5 heteroatoms. The van der Waals surface area contributed by atoms with E-state index in [0.717, 1.165) is 56.9 Å². The zero-order valence-electron chi connectivity index (χ0n) is 30.6. The van der Waals surface area contributed by atoms with Gasteiger partial charge < -0.3 is 20.4 Å². The van der Waals surface area contributed by atoms with Gasteiger partial charge in [0.15, 0.2) is 5.78 Å². The standard InChI is InChI=1S/C44H64O5/c1-24(2)38-28-14-8-7-13-27(28)29-15-9-10-25-20-30(41(48)40(38)39(25)29)31-17-19-44(49)33-21-35(45)34-22-36(46)37(47)23-43(34,26-11-5-4-6-12-26)32(33)16-18-42(31,44)3/h21,24-27,30-32,34,36-37,40-41,46-49H,4-20,22-23H2,1-3H3. The van der Waals surface area contributed by atoms with Crippen LogP contribution in [0.15, 0.2) is 33.9 Å². The zero-order valence-corrected chi connectivity index (χ0v) is 30.6. The van der Waals surface area contributed by atoms with Gasteiger partial charge in [-0.2, -0.15) is 0 Å². The van der Waals surface area contributed by atoms with E-state index in [1.54, 1.807) is 22.3 Å². The minimum absolute atomic E-state index is 0.0721. The summed E-state index contributed by atoms with van der Waals surface area (Å²) < 4.78 is 0. The van der Waals surface area contributed by atoms with Crippen molar-refractivity contribution in [1.82, 2.24) is 0 Å². The Kier molecular flexibility index (Phi) is 8.13. The third kappa shape index (κ3) is 4.53. The SMILES string of the molecule is CC(C)C1=C2CCCCC2C2=C3C(CCC2)CC(C2CCC4(O)C5=CC(=O)C6CC(O)C(O)CC6(C6CCCCC6)C5CCC24C)C(O)C13. The molecule has 6 saturated carbocycles. The zero-order chi connectivity index (χ0) is 34.0. The maximum atomic E-state index is 14.3. The number of fused-ring (bicyclic) bond motifs is 7. The van der Waals surface area contributed by atoms with Crippen molar-refractivity contribution in [2.24, 2.45) is 64.1 Å². The van der Waals surface area contributed by atoms with Crippen LogP contribution in [0.1, 0.15) is 143 Å². The molecular formula is C44H64O5. The van der Waals surface area contributed by atoms with Gasteiger partial charge in [0.1, 0.15) is 0 Å². The van der Waals surface area contributed by atoms with E-state index in [2.05, 4.69) is 20.8 Å². The fraction of sp³-hybridized carbons (Fsp3) is 0.841. The molecule has 0 aromatic carbocycles. The van der Waals surface area contributed by atoms with Gasteiger partial charge in [-0.15, -0.1) is 0 Å². The van der Waals surface area contributed by atoms with E-state index in [-0.39, 0.29) is 40.8 Å². The molecule has 0 aromatic rings. The van der Waals surface area contributed by atoms with E-state index in [1.807, 2.05) is 6.08 Å². The second kappa shape index (κ2) is 11.9. The summed E-state index contributed by atoms with van der Waals surface area (Å²) >= 11 is 0. The molecule has 6 fully saturated rings. The normalized spacial score (nSPS) is 50.0. The Morgan fingerprint density at radius 2 is 1.55 bits per heavy atom. The predicted octanol–water partition coefficient (Wildman–Crippen LogP) is 8.00. The van der Waals surface area contributed by atoms with Gasteiger partial charge in [-0.3, -0.25) is 4.79 Å². The molecule has 0 aliphatic heterocycles. The van der Waals surface area contributed by atoms with Gasteiger partial charge in [0.25, 0.3) is 0 Å². The summed E-state index contributed by atoms with van der Waals surface area (Å²) in [5.74, 6) is 2.36. The van der Waals surface area contributed by atoms with E-state index in [1.165, 1.54) is 51.4 Å². The Morgan fingerprint density at radius 3 is 2.33 bits per heavy atom. The maximum Gasteiger partial charge on any atom is 0.159 e. The van der Waals surface area contributed by atoms with Crippen molar-refractivity contribution in [2.75, 3.05) is 0 Å². The molecule has 0 spiro atoms. The first-order chi connectivity index (χ1) is 23.5. The average molecular weight is 673 g/mol. The van der Waals surface area contributed by atoms with Crippen molar-refractivity contribution in [3.8, 4) is 0 Å². The Bertz CT molecular complexity index is 1450. The molecule has 0 heterocycles. The highest BCUT2D eigenvalue weighted by Gasteiger charge is 2.70. The number of hydrogen-bond donors (Lipinski definition) is 4. The largest absolute Gasteiger partial charge is 0.392 e. The summed E-state index contributed by atoms with van der Waals surface area (Å²) in [5.41, 5.74) is 5.75. The molecule has 0 aromatic heterocycles. The van der Waals surface area contributed by atoms with Crippen LogP contribution < -0.4 is 0 Å². The van der Waals surface area contributed by atoms with Crippen LogP contribution in [0.5, 0.6) is 0 Å². The van der Waals surface area contributed by atoms with Crippen molar-refractivity contribution in [3.05, 3.63) is 33.9 Å². The number of aliphatic hydroxyl groups is 4. The molecule has 270 valence electrons. The number of carbonyl (C=O) groups excluding carboxylic acids is 1. The molecule has 4 N–H and O–H groups in total. The van der Waals surface area contributed by atoms with Gasteiger partial charge in [-0.05, 0) is 149 Å². The molecule has 9 aliphatic carbocycles. The summed E-state index contributed by atoms with van der Waals surface area (Å²) in [6.45, 7) is 7.07. The summed E-state index contributed by atoms with van der Waals surface area (Å²) in [6, 6.07) is 0. The van der Waals surface area contributed by atoms with Gasteiger partial charge in [-0.25, -0.2) is 0 Å². The van der Waals surface area contributed by atoms with Crippen LogP contribution in [0.4, 0.5) is 0 Å². The van der Waals surface area contributed by atoms with Crippen molar-refractivity contribution < 1.29 is 25.2 Å². The van der Waals surface area contributed by atoms with Gasteiger partial charge >= 0.3 is 0 Å². The van der Waals surface area contributed by atoms with Crippen LogP contribution in [0.25, 0.3) is 0 Å². The third-order valence-electron chi connectivity index (χ3n) is 17.5. The summed E-state index contributed by atoms with van der Waals surface area (Å²) in [6.07, 6.45) is 19.6. The highest BCUT2D eigenvalue weighted by molar-refractivity contribution is 5.95. The number of hydrogen-bond acceptors (Lipinski definition) is 5. The van der Waals surface area contributed by atoms with Crippen LogP contribution in [0.2, 0.25) is 0 Å². The molecule has 0 bridgehead atoms. The molecule has 5 nitrogen and oxygen atoms in total. The number of rotatable bonds is 3. The van der Waals surface area contributed by atoms with Crippen molar-refractivity contribution in [1.29, 1.82) is 0 Å². The number of aliphatic hydroxyl groups excluding tert-OH is 3. The molecule has 13 atom stereocenters. The fourth-order valence-corrected chi connectivity index (χ4v) is 15.6. The minimum Gasteiger partial charge on any atom is -0.392 e. The molecule has 0 saturated heterocycles. The Balaban J connectivity index is 1.10. The smallest absolute Gasteiger partial charge is 0.159 e. The van der Waals surface area contributed by atoms with Crippen molar-refractivity contribution >= 4 is 5.78 Å². The number of allylic oxidation sites excluding steroid dienone is 3. The lowest BCUT2D eigenvalue weighted by Gasteiger charge is -2.64. The molecule has 0 amide bonds. The first-order valence-electron chi connectivity index (χ1n) is 21.0. The van der Waals surface area contributed by atoms with Gasteiger partial charge in [0.05, 0.1) is 23.9 Å². The molecule has 13 unspecified atom stereocenters. The van der Waals surface area contributed by atoms with Crippen molar-refractivity contribution in [3.63, 3.8) is 0 Å². The first-order valence-corrected chi connectivity index (χ1v) is 21.0. The maximum absolute atomic E-state index is 14.3. The van der Waals surface area contributed by atoms with Gasteiger partial charge in [-0.1, -0.05) is 68.7 Å². The fourth-order valence-electron chi connectivity index (χ4n) is 15.6. The van der Waals surface area contributed by atoms with E-state index in [0.29, 0.717) is 42.9 Å². The Hall–Kier alpha value is -1.27. The van der Waals surface area contributed by atoms with Crippen LogP contribution >= 0.6 is 0 Å². The highest BCUT2D eigenvalue weighted by Crippen LogP contribution is 2.72. The quantitative estimate of drug-likeness (QED) is 0.228. The van der Waals surface area contributed by atoms with E-state index in [4.69, 9.17) is 0 Å². The second-order valence-electron chi connectivity index (χ2n) is 19.5. The van der Waals surface area contributed by atoms with Gasteiger partial charge in [0, 0.05) is 23.2 Å². The third-order valence-corrected chi connectivity index (χ3v) is 17.5. The highest BCUT2D eigenvalue weighted by atomic mass is 16.3. The topological polar surface area (TPSA) is 98.0 Å². The summed E-state index contributed by atoms with van der Waals surface area (Å²) in [4.78, 5) is 14.3.